The Balaban J connectivity index is 2.16. The predicted molar refractivity (Wildman–Crippen MR) is 107 cm³/mol. The minimum Gasteiger partial charge on any atom is -0.493 e. The van der Waals surface area contributed by atoms with Gasteiger partial charge in [-0.2, -0.15) is 5.10 Å². The van der Waals surface area contributed by atoms with Crippen LogP contribution in [-0.4, -0.2) is 25.1 Å². The summed E-state index contributed by atoms with van der Waals surface area (Å²) in [4.78, 5) is 0. The third-order valence-corrected chi connectivity index (χ3v) is 4.60. The normalized spacial score (nSPS) is 13.4. The van der Waals surface area contributed by atoms with Crippen molar-refractivity contribution in [2.24, 2.45) is 10.2 Å². The van der Waals surface area contributed by atoms with Crippen LogP contribution < -0.4 is 9.47 Å². The Bertz CT molecular complexity index is 853. The summed E-state index contributed by atoms with van der Waals surface area (Å²) in [6, 6.07) is 12.3. The van der Waals surface area contributed by atoms with Crippen LogP contribution >= 0.6 is 0 Å². The van der Waals surface area contributed by atoms with Gasteiger partial charge in [-0.3, -0.25) is 0 Å². The number of methoxy groups -OCH3 is 1. The molecule has 1 aliphatic heterocycles. The highest BCUT2D eigenvalue weighted by Gasteiger charge is 2.23. The highest BCUT2D eigenvalue weighted by molar-refractivity contribution is 6.16. The molecule has 0 atom stereocenters. The van der Waals surface area contributed by atoms with E-state index in [0.29, 0.717) is 13.0 Å². The molecule has 0 aliphatic carbocycles. The molecule has 0 bridgehead atoms. The van der Waals surface area contributed by atoms with E-state index in [9.17, 15) is 0 Å². The number of rotatable bonds is 6. The highest BCUT2D eigenvalue weighted by Crippen LogP contribution is 2.37. The van der Waals surface area contributed by atoms with Crippen LogP contribution in [0.15, 0.2) is 46.6 Å². The average Bonchev–Trinajstić information content (AvgIpc) is 2.81. The van der Waals surface area contributed by atoms with Gasteiger partial charge < -0.3 is 9.47 Å². The highest BCUT2D eigenvalue weighted by atomic mass is 16.5. The third-order valence-electron chi connectivity index (χ3n) is 4.60. The number of ether oxygens (including phenoxy) is 2. The topological polar surface area (TPSA) is 43.2 Å². The minimum absolute atomic E-state index is 0.677. The Kier molecular flexibility index (Phi) is 5.71. The maximum atomic E-state index is 6.15. The number of benzene rings is 2. The first-order valence-electron chi connectivity index (χ1n) is 9.15. The maximum absolute atomic E-state index is 6.15. The monoisotopic (exact) mass is 350 g/mol. The summed E-state index contributed by atoms with van der Waals surface area (Å²) in [5.74, 6) is 1.58. The Hall–Kier alpha value is -2.62. The fourth-order valence-electron chi connectivity index (χ4n) is 3.16. The summed E-state index contributed by atoms with van der Waals surface area (Å²) in [6.45, 7) is 6.94. The van der Waals surface area contributed by atoms with Crippen molar-refractivity contribution in [3.8, 4) is 11.5 Å². The molecule has 2 aromatic rings. The number of nitrogens with zero attached hydrogens (tertiary/aromatic N) is 2. The summed E-state index contributed by atoms with van der Waals surface area (Å²) in [5, 5.41) is 9.02. The second kappa shape index (κ2) is 8.17. The van der Waals surface area contributed by atoms with Crippen LogP contribution in [0, 0.1) is 6.92 Å². The largest absolute Gasteiger partial charge is 0.493 e. The van der Waals surface area contributed by atoms with Crippen LogP contribution in [0.2, 0.25) is 0 Å². The van der Waals surface area contributed by atoms with E-state index in [-0.39, 0.29) is 0 Å². The Morgan fingerprint density at radius 1 is 1.00 bits per heavy atom. The van der Waals surface area contributed by atoms with Gasteiger partial charge in [-0.1, -0.05) is 37.6 Å². The number of hydrogen-bond acceptors (Lipinski definition) is 4. The van der Waals surface area contributed by atoms with Crippen LogP contribution in [0.4, 0.5) is 0 Å². The van der Waals surface area contributed by atoms with Crippen molar-refractivity contribution in [3.05, 3.63) is 58.7 Å². The van der Waals surface area contributed by atoms with Crippen molar-refractivity contribution < 1.29 is 9.47 Å². The molecule has 0 radical (unpaired) electrons. The van der Waals surface area contributed by atoms with E-state index in [2.05, 4.69) is 42.2 Å². The van der Waals surface area contributed by atoms with Gasteiger partial charge in [-0.15, -0.1) is 5.10 Å². The van der Waals surface area contributed by atoms with Gasteiger partial charge in [-0.05, 0) is 38.0 Å². The number of hydrogen-bond donors (Lipinski definition) is 0. The SMILES string of the molecule is CCCCOc1c(OC)ccc2c1CC(C)=NN=C2c1ccccc1C. The van der Waals surface area contributed by atoms with E-state index in [1.54, 1.807) is 7.11 Å². The molecular formula is C22H26N2O2. The van der Waals surface area contributed by atoms with E-state index in [1.165, 1.54) is 5.56 Å². The molecule has 0 amide bonds. The molecule has 4 nitrogen and oxygen atoms in total. The smallest absolute Gasteiger partial charge is 0.165 e. The van der Waals surface area contributed by atoms with Gasteiger partial charge in [0.15, 0.2) is 11.5 Å². The van der Waals surface area contributed by atoms with Gasteiger partial charge in [0, 0.05) is 28.8 Å². The van der Waals surface area contributed by atoms with Crippen LogP contribution in [0.25, 0.3) is 0 Å². The fourth-order valence-corrected chi connectivity index (χ4v) is 3.16. The minimum atomic E-state index is 0.677. The van der Waals surface area contributed by atoms with Crippen molar-refractivity contribution in [1.82, 2.24) is 0 Å². The molecule has 0 fully saturated rings. The molecule has 0 saturated heterocycles. The van der Waals surface area contributed by atoms with Crippen molar-refractivity contribution in [3.63, 3.8) is 0 Å². The molecule has 1 aliphatic rings. The molecule has 3 rings (SSSR count). The van der Waals surface area contributed by atoms with Crippen LogP contribution in [-0.2, 0) is 6.42 Å². The van der Waals surface area contributed by atoms with Gasteiger partial charge in [0.2, 0.25) is 0 Å². The second-order valence-corrected chi connectivity index (χ2v) is 6.60. The zero-order valence-electron chi connectivity index (χ0n) is 16.0. The van der Waals surface area contributed by atoms with Gasteiger partial charge >= 0.3 is 0 Å². The first-order valence-corrected chi connectivity index (χ1v) is 9.15. The van der Waals surface area contributed by atoms with E-state index < -0.39 is 0 Å². The number of aryl methyl sites for hydroxylation is 1. The van der Waals surface area contributed by atoms with E-state index in [1.807, 2.05) is 25.1 Å². The summed E-state index contributed by atoms with van der Waals surface area (Å²) in [5.41, 5.74) is 6.28. The lowest BCUT2D eigenvalue weighted by molar-refractivity contribution is 0.286. The first-order chi connectivity index (χ1) is 12.7. The second-order valence-electron chi connectivity index (χ2n) is 6.60. The standard InChI is InChI=1S/C22H26N2O2/c1-5-6-13-26-22-19-14-16(3)23-24-21(17-10-8-7-9-15(17)2)18(19)11-12-20(22)25-4/h7-12H,5-6,13-14H2,1-4H3. The first kappa shape index (κ1) is 18.2. The zero-order valence-corrected chi connectivity index (χ0v) is 16.0. The van der Waals surface area contributed by atoms with Crippen LogP contribution in [0.3, 0.4) is 0 Å². The van der Waals surface area contributed by atoms with Crippen molar-refractivity contribution >= 4 is 11.4 Å². The maximum Gasteiger partial charge on any atom is 0.165 e. The molecule has 0 N–H and O–H groups in total. The molecule has 4 heteroatoms. The average molecular weight is 350 g/mol. The summed E-state index contributed by atoms with van der Waals surface area (Å²) < 4.78 is 11.7. The molecule has 0 spiro atoms. The fraction of sp³-hybridized carbons (Fsp3) is 0.364. The Morgan fingerprint density at radius 3 is 2.54 bits per heavy atom. The van der Waals surface area contributed by atoms with Gasteiger partial charge in [-0.25, -0.2) is 0 Å². The summed E-state index contributed by atoms with van der Waals surface area (Å²) in [7, 11) is 1.68. The quantitative estimate of drug-likeness (QED) is 0.692. The zero-order chi connectivity index (χ0) is 18.5. The van der Waals surface area contributed by atoms with Crippen LogP contribution in [0.1, 0.15) is 48.9 Å². The Labute approximate surface area is 155 Å². The van der Waals surface area contributed by atoms with Gasteiger partial charge in [0.1, 0.15) is 5.71 Å². The molecule has 26 heavy (non-hydrogen) atoms. The molecule has 0 aromatic heterocycles. The lowest BCUT2D eigenvalue weighted by Gasteiger charge is -2.18. The van der Waals surface area contributed by atoms with Crippen molar-refractivity contribution in [1.29, 1.82) is 0 Å². The van der Waals surface area contributed by atoms with E-state index in [4.69, 9.17) is 9.47 Å². The number of fused-ring (bicyclic) bond motifs is 1. The molecule has 0 unspecified atom stereocenters. The molecule has 1 heterocycles. The van der Waals surface area contributed by atoms with E-state index in [0.717, 1.165) is 52.5 Å². The van der Waals surface area contributed by atoms with Gasteiger partial charge in [0.25, 0.3) is 0 Å². The van der Waals surface area contributed by atoms with Crippen LogP contribution in [0.5, 0.6) is 11.5 Å². The predicted octanol–water partition coefficient (Wildman–Crippen LogP) is 4.95. The molecular weight excluding hydrogens is 324 g/mol. The lowest BCUT2D eigenvalue weighted by Crippen LogP contribution is -2.11. The summed E-state index contributed by atoms with van der Waals surface area (Å²) in [6.07, 6.45) is 2.80. The molecule has 136 valence electrons. The van der Waals surface area contributed by atoms with Crippen molar-refractivity contribution in [2.75, 3.05) is 13.7 Å². The molecule has 0 saturated carbocycles. The number of unbranched alkanes of at least 4 members (excludes halogenated alkanes) is 1. The van der Waals surface area contributed by atoms with Crippen molar-refractivity contribution in [2.45, 2.75) is 40.0 Å². The van der Waals surface area contributed by atoms with Gasteiger partial charge in [0.05, 0.1) is 13.7 Å². The Morgan fingerprint density at radius 2 is 1.81 bits per heavy atom. The molecule has 2 aromatic carbocycles. The lowest BCUT2D eigenvalue weighted by atomic mass is 9.92. The van der Waals surface area contributed by atoms with E-state index >= 15 is 0 Å². The summed E-state index contributed by atoms with van der Waals surface area (Å²) >= 11 is 0. The third kappa shape index (κ3) is 3.64.